The van der Waals surface area contributed by atoms with E-state index in [1.54, 1.807) is 0 Å². The van der Waals surface area contributed by atoms with Crippen molar-refractivity contribution < 1.29 is 32.5 Å². The molecule has 1 amide bonds. The number of fused-ring (bicyclic) bond motifs is 1. The zero-order chi connectivity index (χ0) is 30.2. The van der Waals surface area contributed by atoms with Crippen LogP contribution >= 0.6 is 0 Å². The Morgan fingerprint density at radius 1 is 1.16 bits per heavy atom. The molecule has 2 saturated heterocycles. The molecule has 0 spiro atoms. The van der Waals surface area contributed by atoms with Gasteiger partial charge in [-0.15, -0.1) is 0 Å². The van der Waals surface area contributed by atoms with E-state index in [4.69, 9.17) is 15.2 Å². The molecule has 0 bridgehead atoms. The van der Waals surface area contributed by atoms with Crippen molar-refractivity contribution >= 4 is 17.3 Å². The second kappa shape index (κ2) is 12.1. The first-order chi connectivity index (χ1) is 20.7. The van der Waals surface area contributed by atoms with E-state index in [9.17, 15) is 14.3 Å². The second-order valence-corrected chi connectivity index (χ2v) is 11.6. The van der Waals surface area contributed by atoms with E-state index in [1.807, 2.05) is 0 Å². The minimum absolute atomic E-state index is 0.0444. The predicted molar refractivity (Wildman–Crippen MR) is 153 cm³/mol. The van der Waals surface area contributed by atoms with E-state index in [-0.39, 0.29) is 23.6 Å². The molecular weight excluding hydrogens is 563 g/mol. The Bertz CT molecular complexity index is 1500. The summed E-state index contributed by atoms with van der Waals surface area (Å²) in [5, 5.41) is 13.3. The molecule has 6 rings (SSSR count). The lowest BCUT2D eigenvalue weighted by Gasteiger charge is -2.38. The molecule has 43 heavy (non-hydrogen) atoms. The molecule has 1 aromatic carbocycles. The van der Waals surface area contributed by atoms with Crippen LogP contribution in [0.4, 0.5) is 24.5 Å². The number of halogens is 3. The first kappa shape index (κ1) is 29.3. The van der Waals surface area contributed by atoms with Gasteiger partial charge in [0.1, 0.15) is 40.7 Å². The smallest absolute Gasteiger partial charge is 0.274 e. The Balaban J connectivity index is 1.29. The maximum atomic E-state index is 15.2. The normalized spacial score (nSPS) is 23.6. The predicted octanol–water partition coefficient (Wildman–Crippen LogP) is 4.52. The Labute approximate surface area is 247 Å². The van der Waals surface area contributed by atoms with Gasteiger partial charge in [-0.05, 0) is 50.2 Å². The van der Waals surface area contributed by atoms with Crippen LogP contribution in [0.15, 0.2) is 30.5 Å². The molecule has 4 N–H and O–H groups in total. The minimum Gasteiger partial charge on any atom is -0.488 e. The fourth-order valence-corrected chi connectivity index (χ4v) is 6.31. The van der Waals surface area contributed by atoms with E-state index < -0.39 is 40.7 Å². The van der Waals surface area contributed by atoms with Crippen molar-refractivity contribution in [2.24, 2.45) is 11.7 Å². The molecule has 2 unspecified atom stereocenters. The number of nitrogens with two attached hydrogens (primary N) is 1. The van der Waals surface area contributed by atoms with Crippen LogP contribution < -0.4 is 20.7 Å². The van der Waals surface area contributed by atoms with Crippen molar-refractivity contribution in [3.05, 3.63) is 64.9 Å². The molecule has 228 valence electrons. The number of anilines is 2. The molecule has 0 saturated carbocycles. The van der Waals surface area contributed by atoms with Gasteiger partial charge in [0.15, 0.2) is 0 Å². The SMILES string of the molecule is C[C@@H]1C[C@H](N)CN(c2c(NC(=O)c3ccc(F)c(-c4c(F)cc(OC5CCCOC5)cc4F)n3)cnc3c2CCC3O)C1. The summed E-state index contributed by atoms with van der Waals surface area (Å²) >= 11 is 0. The zero-order valence-corrected chi connectivity index (χ0v) is 23.8. The number of benzene rings is 1. The lowest BCUT2D eigenvalue weighted by molar-refractivity contribution is 0.00720. The summed E-state index contributed by atoms with van der Waals surface area (Å²) < 4.78 is 56.3. The highest BCUT2D eigenvalue weighted by molar-refractivity contribution is 6.05. The average Bonchev–Trinajstić information content (AvgIpc) is 3.33. The lowest BCUT2D eigenvalue weighted by Crippen LogP contribution is -2.47. The molecule has 2 aliphatic heterocycles. The third kappa shape index (κ3) is 6.04. The van der Waals surface area contributed by atoms with Gasteiger partial charge in [0.05, 0.1) is 41.5 Å². The number of carbonyl (C=O) groups is 1. The summed E-state index contributed by atoms with van der Waals surface area (Å²) in [7, 11) is 0. The Kier molecular flexibility index (Phi) is 8.25. The number of aliphatic hydroxyl groups is 1. The van der Waals surface area contributed by atoms with Crippen molar-refractivity contribution in [3.63, 3.8) is 0 Å². The van der Waals surface area contributed by atoms with E-state index >= 15 is 8.78 Å². The third-order valence-electron chi connectivity index (χ3n) is 8.18. The van der Waals surface area contributed by atoms with Crippen molar-refractivity contribution in [2.75, 3.05) is 36.5 Å². The van der Waals surface area contributed by atoms with Crippen LogP contribution in [-0.4, -0.2) is 59.4 Å². The molecule has 4 heterocycles. The quantitative estimate of drug-likeness (QED) is 0.379. The fourth-order valence-electron chi connectivity index (χ4n) is 6.31. The van der Waals surface area contributed by atoms with Crippen LogP contribution in [0.3, 0.4) is 0 Å². The standard InChI is InChI=1S/C31H34F3N5O4/c1-16-9-17(35)14-39(13-16)30-20-4-7-26(40)28(20)36-12-25(30)38-31(41)24-6-5-21(32)29(37-24)27-22(33)10-19(11-23(27)34)43-18-3-2-8-42-15-18/h5-6,10-12,16-18,26,40H,2-4,7-9,13-15,35H2,1H3,(H,38,41)/t16-,17+,18?,26?/m1/s1. The third-order valence-corrected chi connectivity index (χ3v) is 8.18. The molecular formula is C31H34F3N5O4. The average molecular weight is 598 g/mol. The first-order valence-corrected chi connectivity index (χ1v) is 14.6. The van der Waals surface area contributed by atoms with Crippen molar-refractivity contribution in [2.45, 2.75) is 57.3 Å². The zero-order valence-electron chi connectivity index (χ0n) is 23.8. The van der Waals surface area contributed by atoms with Gasteiger partial charge in [-0.25, -0.2) is 18.2 Å². The number of hydrogen-bond acceptors (Lipinski definition) is 8. The van der Waals surface area contributed by atoms with E-state index in [2.05, 4.69) is 27.1 Å². The highest BCUT2D eigenvalue weighted by atomic mass is 19.1. The van der Waals surface area contributed by atoms with Gasteiger partial charge in [0, 0.05) is 43.4 Å². The number of pyridine rings is 2. The van der Waals surface area contributed by atoms with Crippen molar-refractivity contribution in [1.29, 1.82) is 0 Å². The monoisotopic (exact) mass is 597 g/mol. The maximum Gasteiger partial charge on any atom is 0.274 e. The Morgan fingerprint density at radius 3 is 2.67 bits per heavy atom. The van der Waals surface area contributed by atoms with Crippen molar-refractivity contribution in [3.8, 4) is 17.0 Å². The number of piperidine rings is 1. The fraction of sp³-hybridized carbons (Fsp3) is 0.452. The summed E-state index contributed by atoms with van der Waals surface area (Å²) in [4.78, 5) is 24.0. The number of nitrogens with zero attached hydrogens (tertiary/aromatic N) is 3. The number of aliphatic hydroxyl groups excluding tert-OH is 1. The van der Waals surface area contributed by atoms with Gasteiger partial charge in [-0.1, -0.05) is 6.92 Å². The van der Waals surface area contributed by atoms with Gasteiger partial charge in [-0.3, -0.25) is 9.78 Å². The molecule has 2 aromatic heterocycles. The van der Waals surface area contributed by atoms with Crippen LogP contribution in [0.25, 0.3) is 11.3 Å². The number of nitrogens with one attached hydrogen (secondary N) is 1. The molecule has 9 nitrogen and oxygen atoms in total. The van der Waals surface area contributed by atoms with Gasteiger partial charge in [0.2, 0.25) is 0 Å². The summed E-state index contributed by atoms with van der Waals surface area (Å²) in [6.45, 7) is 4.28. The highest BCUT2D eigenvalue weighted by Gasteiger charge is 2.32. The first-order valence-electron chi connectivity index (χ1n) is 14.6. The molecule has 2 fully saturated rings. The number of rotatable bonds is 6. The largest absolute Gasteiger partial charge is 0.488 e. The molecule has 0 radical (unpaired) electrons. The number of carbonyl (C=O) groups excluding carboxylic acids is 1. The van der Waals surface area contributed by atoms with E-state index in [1.165, 1.54) is 6.20 Å². The molecule has 3 aliphatic rings. The number of amides is 1. The van der Waals surface area contributed by atoms with Crippen LogP contribution in [-0.2, 0) is 11.2 Å². The van der Waals surface area contributed by atoms with E-state index in [0.717, 1.165) is 48.4 Å². The van der Waals surface area contributed by atoms with Crippen LogP contribution in [0.1, 0.15) is 60.5 Å². The number of hydrogen-bond donors (Lipinski definition) is 3. The number of aromatic nitrogens is 2. The second-order valence-electron chi connectivity index (χ2n) is 11.6. The van der Waals surface area contributed by atoms with Crippen molar-refractivity contribution in [1.82, 2.24) is 9.97 Å². The summed E-state index contributed by atoms with van der Waals surface area (Å²) in [5.41, 5.74) is 7.26. The van der Waals surface area contributed by atoms with Gasteiger partial charge < -0.3 is 30.5 Å². The van der Waals surface area contributed by atoms with Crippen LogP contribution in [0, 0.1) is 23.4 Å². The molecule has 4 atom stereocenters. The molecule has 12 heteroatoms. The van der Waals surface area contributed by atoms with Crippen LogP contribution in [0.5, 0.6) is 5.75 Å². The molecule has 3 aromatic rings. The molecule has 1 aliphatic carbocycles. The van der Waals surface area contributed by atoms with Gasteiger partial charge >= 0.3 is 0 Å². The topological polar surface area (TPSA) is 123 Å². The minimum atomic E-state index is -1.07. The Morgan fingerprint density at radius 2 is 1.95 bits per heavy atom. The van der Waals surface area contributed by atoms with E-state index in [0.29, 0.717) is 62.9 Å². The maximum absolute atomic E-state index is 15.2. The van der Waals surface area contributed by atoms with Crippen LogP contribution in [0.2, 0.25) is 0 Å². The summed E-state index contributed by atoms with van der Waals surface area (Å²) in [6, 6.07) is 3.97. The van der Waals surface area contributed by atoms with Gasteiger partial charge in [0.25, 0.3) is 5.91 Å². The summed E-state index contributed by atoms with van der Waals surface area (Å²) in [5.74, 6) is -3.59. The summed E-state index contributed by atoms with van der Waals surface area (Å²) in [6.07, 6.45) is 3.85. The lowest BCUT2D eigenvalue weighted by atomic mass is 9.95. The number of ether oxygens (including phenoxy) is 2. The Hall–Kier alpha value is -3.74. The highest BCUT2D eigenvalue weighted by Crippen LogP contribution is 2.42. The van der Waals surface area contributed by atoms with Gasteiger partial charge in [-0.2, -0.15) is 0 Å².